The van der Waals surface area contributed by atoms with Gasteiger partial charge in [-0.1, -0.05) is 18.2 Å². The van der Waals surface area contributed by atoms with Gasteiger partial charge >= 0.3 is 16.5 Å². The monoisotopic (exact) mass is 262 g/mol. The summed E-state index contributed by atoms with van der Waals surface area (Å²) in [5.41, 5.74) is 0.463. The largest absolute Gasteiger partial charge is 0.800 e. The molecule has 0 spiro atoms. The van der Waals surface area contributed by atoms with Gasteiger partial charge in [0, 0.05) is 14.7 Å². The first-order valence-corrected chi connectivity index (χ1v) is 6.25. The lowest BCUT2D eigenvalue weighted by atomic mass is 10.2. The van der Waals surface area contributed by atoms with Gasteiger partial charge in [0.05, 0.1) is 6.26 Å². The molecular formula is C8H8O6P2+2. The van der Waals surface area contributed by atoms with Gasteiger partial charge in [-0.2, -0.15) is 0 Å². The Morgan fingerprint density at radius 2 is 1.94 bits per heavy atom. The number of rotatable bonds is 5. The zero-order valence-corrected chi connectivity index (χ0v) is 9.67. The first kappa shape index (κ1) is 12.7. The summed E-state index contributed by atoms with van der Waals surface area (Å²) in [6, 6.07) is 6.38. The van der Waals surface area contributed by atoms with Crippen LogP contribution in [0.15, 0.2) is 30.5 Å². The Kier molecular flexibility index (Phi) is 5.02. The van der Waals surface area contributed by atoms with Crippen LogP contribution in [0.3, 0.4) is 0 Å². The van der Waals surface area contributed by atoms with E-state index in [1.165, 1.54) is 12.1 Å². The van der Waals surface area contributed by atoms with Crippen LogP contribution in [0.25, 0.3) is 6.08 Å². The highest BCUT2D eigenvalue weighted by Gasteiger charge is 2.38. The van der Waals surface area contributed by atoms with Crippen LogP contribution in [0, 0.1) is 0 Å². The zero-order chi connectivity index (χ0) is 12.0. The molecule has 6 nitrogen and oxygen atoms in total. The van der Waals surface area contributed by atoms with Gasteiger partial charge in [0.15, 0.2) is 10.1 Å². The third-order valence-corrected chi connectivity index (χ3v) is 2.92. The molecule has 0 saturated carbocycles. The van der Waals surface area contributed by atoms with Crippen LogP contribution in [0.2, 0.25) is 0 Å². The molecule has 1 aromatic rings. The fourth-order valence-corrected chi connectivity index (χ4v) is 1.85. The number of hydrogen-bond acceptors (Lipinski definition) is 5. The van der Waals surface area contributed by atoms with Crippen molar-refractivity contribution in [1.82, 2.24) is 0 Å². The Morgan fingerprint density at radius 1 is 1.25 bits per heavy atom. The maximum Gasteiger partial charge on any atom is 0.800 e. The third-order valence-electron chi connectivity index (χ3n) is 1.48. The predicted molar refractivity (Wildman–Crippen MR) is 57.2 cm³/mol. The van der Waals surface area contributed by atoms with Crippen molar-refractivity contribution < 1.29 is 28.0 Å². The number of benzene rings is 1. The standard InChI is InChI=1S/C8H6O6P2/c9-6-5-7-3-1-2-4-8(7)13-16(12)14-15(10)11/h1-6H/p+2. The minimum atomic E-state index is -2.98. The van der Waals surface area contributed by atoms with Crippen LogP contribution >= 0.6 is 16.5 Å². The normalized spacial score (nSPS) is 12.6. The van der Waals surface area contributed by atoms with Gasteiger partial charge in [0.2, 0.25) is 0 Å². The topological polar surface area (TPSA) is 93.1 Å². The van der Waals surface area contributed by atoms with Crippen LogP contribution in [0.5, 0.6) is 5.75 Å². The molecule has 0 aromatic heterocycles. The molecule has 0 aliphatic rings. The SMILES string of the molecule is O=[P+](O)O[P+](=O)Oc1ccccc1C=CO. The van der Waals surface area contributed by atoms with Crippen LogP contribution in [-0.4, -0.2) is 10.00 Å². The fraction of sp³-hybridized carbons (Fsp3) is 0. The molecular weight excluding hydrogens is 254 g/mol. The van der Waals surface area contributed by atoms with Crippen LogP contribution in [-0.2, 0) is 13.4 Å². The van der Waals surface area contributed by atoms with Crippen LogP contribution < -0.4 is 4.52 Å². The second kappa shape index (κ2) is 6.30. The molecule has 2 N–H and O–H groups in total. The molecule has 2 unspecified atom stereocenters. The Labute approximate surface area is 93.0 Å². The third kappa shape index (κ3) is 4.04. The molecule has 0 heterocycles. The van der Waals surface area contributed by atoms with Crippen molar-refractivity contribution in [3.63, 3.8) is 0 Å². The number of hydrogen-bond donors (Lipinski definition) is 2. The molecule has 0 aliphatic carbocycles. The molecule has 0 aliphatic heterocycles. The maximum atomic E-state index is 11.1. The number of para-hydroxylation sites is 1. The summed E-state index contributed by atoms with van der Waals surface area (Å²) in [6.45, 7) is 0. The van der Waals surface area contributed by atoms with E-state index >= 15 is 0 Å². The first-order chi connectivity index (χ1) is 7.63. The second-order valence-corrected chi connectivity index (χ2v) is 4.25. The van der Waals surface area contributed by atoms with Crippen molar-refractivity contribution in [2.75, 3.05) is 0 Å². The fourth-order valence-electron chi connectivity index (χ4n) is 0.936. The number of aliphatic hydroxyl groups is 1. The summed E-state index contributed by atoms with van der Waals surface area (Å²) in [5, 5.41) is 8.60. The van der Waals surface area contributed by atoms with Gasteiger partial charge in [0.1, 0.15) is 0 Å². The van der Waals surface area contributed by atoms with Gasteiger partial charge in [-0.3, -0.25) is 0 Å². The van der Waals surface area contributed by atoms with Crippen LogP contribution in [0.1, 0.15) is 5.56 Å². The minimum absolute atomic E-state index is 0.172. The Balaban J connectivity index is 2.80. The van der Waals surface area contributed by atoms with E-state index in [4.69, 9.17) is 14.5 Å². The summed E-state index contributed by atoms with van der Waals surface area (Å²) in [6.07, 6.45) is 2.11. The summed E-state index contributed by atoms with van der Waals surface area (Å²) in [4.78, 5) is 8.34. The summed E-state index contributed by atoms with van der Waals surface area (Å²) < 4.78 is 30.1. The second-order valence-electron chi connectivity index (χ2n) is 2.49. The molecule has 2 atom stereocenters. The van der Waals surface area contributed by atoms with E-state index < -0.39 is 16.5 Å². The molecule has 1 aromatic carbocycles. The van der Waals surface area contributed by atoms with Crippen molar-refractivity contribution >= 4 is 22.6 Å². The summed E-state index contributed by atoms with van der Waals surface area (Å²) in [7, 11) is -5.70. The van der Waals surface area contributed by atoms with Crippen LogP contribution in [0.4, 0.5) is 0 Å². The quantitative estimate of drug-likeness (QED) is 0.625. The summed E-state index contributed by atoms with van der Waals surface area (Å²) in [5.74, 6) is 0.172. The zero-order valence-electron chi connectivity index (χ0n) is 7.89. The van der Waals surface area contributed by atoms with E-state index in [1.807, 2.05) is 0 Å². The van der Waals surface area contributed by atoms with Crippen molar-refractivity contribution in [3.8, 4) is 5.75 Å². The average Bonchev–Trinajstić information content (AvgIpc) is 2.20. The molecule has 1 rings (SSSR count). The van der Waals surface area contributed by atoms with Gasteiger partial charge in [-0.05, 0) is 12.1 Å². The molecule has 16 heavy (non-hydrogen) atoms. The molecule has 0 fully saturated rings. The van der Waals surface area contributed by atoms with E-state index in [-0.39, 0.29) is 5.75 Å². The lowest BCUT2D eigenvalue weighted by molar-refractivity contribution is 0.374. The Morgan fingerprint density at radius 3 is 2.56 bits per heavy atom. The molecule has 0 bridgehead atoms. The lowest BCUT2D eigenvalue weighted by Gasteiger charge is -1.95. The highest BCUT2D eigenvalue weighted by atomic mass is 31.2. The van der Waals surface area contributed by atoms with Crippen molar-refractivity contribution in [2.45, 2.75) is 0 Å². The van der Waals surface area contributed by atoms with Gasteiger partial charge in [-0.25, -0.2) is 4.52 Å². The van der Waals surface area contributed by atoms with E-state index in [1.54, 1.807) is 18.2 Å². The maximum absolute atomic E-state index is 11.1. The molecule has 0 radical (unpaired) electrons. The van der Waals surface area contributed by atoms with E-state index in [0.29, 0.717) is 5.56 Å². The van der Waals surface area contributed by atoms with Crippen molar-refractivity contribution in [3.05, 3.63) is 36.1 Å². The van der Waals surface area contributed by atoms with Crippen molar-refractivity contribution in [2.24, 2.45) is 0 Å². The highest BCUT2D eigenvalue weighted by Crippen LogP contribution is 2.38. The summed E-state index contributed by atoms with van der Waals surface area (Å²) >= 11 is 0. The highest BCUT2D eigenvalue weighted by molar-refractivity contribution is 7.47. The van der Waals surface area contributed by atoms with E-state index in [2.05, 4.69) is 4.31 Å². The first-order valence-electron chi connectivity index (χ1n) is 4.02. The van der Waals surface area contributed by atoms with E-state index in [9.17, 15) is 9.13 Å². The lowest BCUT2D eigenvalue weighted by Crippen LogP contribution is -1.85. The van der Waals surface area contributed by atoms with Crippen molar-refractivity contribution in [1.29, 1.82) is 0 Å². The molecule has 0 saturated heterocycles. The number of aliphatic hydroxyl groups excluding tert-OH is 1. The average molecular weight is 262 g/mol. The van der Waals surface area contributed by atoms with Gasteiger partial charge in [0.25, 0.3) is 0 Å². The van der Waals surface area contributed by atoms with E-state index in [0.717, 1.165) is 6.26 Å². The Bertz CT molecular complexity index is 430. The van der Waals surface area contributed by atoms with Gasteiger partial charge in [-0.15, -0.1) is 4.89 Å². The Hall–Kier alpha value is -1.32. The minimum Gasteiger partial charge on any atom is -0.516 e. The van der Waals surface area contributed by atoms with Gasteiger partial charge < -0.3 is 5.11 Å². The molecule has 0 amide bonds. The smallest absolute Gasteiger partial charge is 0.516 e. The predicted octanol–water partition coefficient (Wildman–Crippen LogP) is 2.92. The molecule has 84 valence electrons. The molecule has 8 heteroatoms.